The molecule has 0 atom stereocenters. The summed E-state index contributed by atoms with van der Waals surface area (Å²) < 4.78 is 38.2. The molecule has 0 bridgehead atoms. The molecule has 2 aromatic carbocycles. The van der Waals surface area contributed by atoms with E-state index in [2.05, 4.69) is 15.8 Å². The highest BCUT2D eigenvalue weighted by Gasteiger charge is 2.31. The molecule has 2 amide bonds. The van der Waals surface area contributed by atoms with Crippen LogP contribution in [0.1, 0.15) is 37.4 Å². The molecule has 0 radical (unpaired) electrons. The maximum absolute atomic E-state index is 12.7. The third-order valence-electron chi connectivity index (χ3n) is 3.72. The minimum Gasteiger partial charge on any atom is -0.304 e. The quantitative estimate of drug-likeness (QED) is 0.784. The standard InChI is InChI=1S/C17H11ClF3N3O2/c18-14-13-7-10(4-5-11(13)8-22-24-14)16(26)23-15(25)9-2-1-3-12(6-9)17(19,20)21/h1-7,22H,8H2,(H,23,25,26). The largest absolute Gasteiger partial charge is 0.416 e. The number of imide groups is 1. The van der Waals surface area contributed by atoms with E-state index in [1.165, 1.54) is 18.2 Å². The molecule has 0 fully saturated rings. The summed E-state index contributed by atoms with van der Waals surface area (Å²) in [5.41, 5.74) is 2.99. The van der Waals surface area contributed by atoms with E-state index >= 15 is 0 Å². The van der Waals surface area contributed by atoms with Crippen LogP contribution in [0.15, 0.2) is 47.6 Å². The lowest BCUT2D eigenvalue weighted by Gasteiger charge is -2.15. The molecule has 134 valence electrons. The molecule has 0 unspecified atom stereocenters. The number of alkyl halides is 3. The molecule has 2 aromatic rings. The molecule has 0 saturated heterocycles. The van der Waals surface area contributed by atoms with Crippen molar-refractivity contribution in [3.63, 3.8) is 0 Å². The van der Waals surface area contributed by atoms with E-state index in [9.17, 15) is 22.8 Å². The van der Waals surface area contributed by atoms with E-state index in [1.54, 1.807) is 6.07 Å². The fourth-order valence-corrected chi connectivity index (χ4v) is 2.64. The number of rotatable bonds is 2. The maximum atomic E-state index is 12.7. The Hall–Kier alpha value is -2.87. The molecule has 0 aromatic heterocycles. The summed E-state index contributed by atoms with van der Waals surface area (Å²) in [6, 6.07) is 8.44. The molecule has 3 rings (SSSR count). The average Bonchev–Trinajstić information content (AvgIpc) is 2.61. The van der Waals surface area contributed by atoms with Gasteiger partial charge in [0, 0.05) is 16.7 Å². The van der Waals surface area contributed by atoms with Crippen molar-refractivity contribution in [1.29, 1.82) is 0 Å². The molecule has 5 nitrogen and oxygen atoms in total. The van der Waals surface area contributed by atoms with Gasteiger partial charge in [-0.25, -0.2) is 0 Å². The molecule has 0 aliphatic carbocycles. The fourth-order valence-electron chi connectivity index (χ4n) is 2.40. The van der Waals surface area contributed by atoms with Crippen LogP contribution in [-0.2, 0) is 12.7 Å². The summed E-state index contributed by atoms with van der Waals surface area (Å²) >= 11 is 5.97. The van der Waals surface area contributed by atoms with Gasteiger partial charge in [-0.05, 0) is 35.9 Å². The Kier molecular flexibility index (Phi) is 4.69. The Labute approximate surface area is 150 Å². The molecule has 1 aliphatic rings. The van der Waals surface area contributed by atoms with Gasteiger partial charge in [-0.15, -0.1) is 0 Å². The van der Waals surface area contributed by atoms with Crippen molar-refractivity contribution < 1.29 is 22.8 Å². The zero-order valence-corrected chi connectivity index (χ0v) is 13.8. The first-order chi connectivity index (χ1) is 12.3. The van der Waals surface area contributed by atoms with Gasteiger partial charge in [0.15, 0.2) is 5.17 Å². The normalized spacial score (nSPS) is 13.3. The first-order valence-corrected chi connectivity index (χ1v) is 7.76. The second kappa shape index (κ2) is 6.80. The lowest BCUT2D eigenvalue weighted by atomic mass is 10.0. The van der Waals surface area contributed by atoms with Gasteiger partial charge in [-0.2, -0.15) is 18.3 Å². The van der Waals surface area contributed by atoms with Crippen LogP contribution in [0.2, 0.25) is 0 Å². The number of carbonyl (C=O) groups is 2. The van der Waals surface area contributed by atoms with E-state index in [4.69, 9.17) is 11.6 Å². The van der Waals surface area contributed by atoms with Crippen LogP contribution in [-0.4, -0.2) is 17.0 Å². The monoisotopic (exact) mass is 381 g/mol. The van der Waals surface area contributed by atoms with Gasteiger partial charge in [0.25, 0.3) is 11.8 Å². The second-order valence-electron chi connectivity index (χ2n) is 5.47. The summed E-state index contributed by atoms with van der Waals surface area (Å²) in [5.74, 6) is -1.68. The number of carbonyl (C=O) groups excluding carboxylic acids is 2. The van der Waals surface area contributed by atoms with Gasteiger partial charge < -0.3 is 5.43 Å². The molecule has 2 N–H and O–H groups in total. The van der Waals surface area contributed by atoms with E-state index < -0.39 is 23.6 Å². The third-order valence-corrected chi connectivity index (χ3v) is 4.01. The van der Waals surface area contributed by atoms with E-state index in [0.29, 0.717) is 18.2 Å². The number of benzene rings is 2. The van der Waals surface area contributed by atoms with Gasteiger partial charge in [0.1, 0.15) is 0 Å². The van der Waals surface area contributed by atoms with Crippen molar-refractivity contribution >= 4 is 28.6 Å². The molecule has 0 saturated carbocycles. The molecular weight excluding hydrogens is 371 g/mol. The second-order valence-corrected chi connectivity index (χ2v) is 5.83. The molecule has 1 aliphatic heterocycles. The van der Waals surface area contributed by atoms with Crippen molar-refractivity contribution in [2.24, 2.45) is 5.10 Å². The number of hydrogen-bond donors (Lipinski definition) is 2. The molecule has 9 heteroatoms. The Morgan fingerprint density at radius 3 is 2.46 bits per heavy atom. The fraction of sp³-hybridized carbons (Fsp3) is 0.118. The topological polar surface area (TPSA) is 70.6 Å². The smallest absolute Gasteiger partial charge is 0.304 e. The van der Waals surface area contributed by atoms with Gasteiger partial charge in [-0.1, -0.05) is 23.7 Å². The first-order valence-electron chi connectivity index (χ1n) is 7.38. The highest BCUT2D eigenvalue weighted by atomic mass is 35.5. The maximum Gasteiger partial charge on any atom is 0.416 e. The summed E-state index contributed by atoms with van der Waals surface area (Å²) in [7, 11) is 0. The summed E-state index contributed by atoms with van der Waals surface area (Å²) in [6.45, 7) is 0.441. The van der Waals surface area contributed by atoms with Crippen molar-refractivity contribution in [1.82, 2.24) is 10.7 Å². The van der Waals surface area contributed by atoms with Crippen LogP contribution in [0.5, 0.6) is 0 Å². The van der Waals surface area contributed by atoms with Gasteiger partial charge in [0.05, 0.1) is 12.1 Å². The minimum atomic E-state index is -4.58. The zero-order valence-electron chi connectivity index (χ0n) is 13.0. The van der Waals surface area contributed by atoms with Crippen LogP contribution in [0, 0.1) is 0 Å². The van der Waals surface area contributed by atoms with Crippen molar-refractivity contribution in [2.75, 3.05) is 0 Å². The number of halogens is 4. The number of hydrazone groups is 1. The minimum absolute atomic E-state index is 0.138. The zero-order chi connectivity index (χ0) is 18.9. The van der Waals surface area contributed by atoms with Crippen molar-refractivity contribution in [3.8, 4) is 0 Å². The van der Waals surface area contributed by atoms with Gasteiger partial charge in [-0.3, -0.25) is 14.9 Å². The Bertz CT molecular complexity index is 926. The Balaban J connectivity index is 1.80. The Morgan fingerprint density at radius 2 is 1.77 bits per heavy atom. The average molecular weight is 382 g/mol. The summed E-state index contributed by atoms with van der Waals surface area (Å²) in [6.07, 6.45) is -4.58. The third kappa shape index (κ3) is 3.70. The van der Waals surface area contributed by atoms with E-state index in [0.717, 1.165) is 17.7 Å². The highest BCUT2D eigenvalue weighted by molar-refractivity contribution is 6.69. The number of fused-ring (bicyclic) bond motifs is 1. The SMILES string of the molecule is O=C(NC(=O)c1ccc2c(c1)C(Cl)=NNC2)c1cccc(C(F)(F)F)c1. The number of hydrogen-bond acceptors (Lipinski definition) is 4. The predicted octanol–water partition coefficient (Wildman–Crippen LogP) is 3.28. The lowest BCUT2D eigenvalue weighted by molar-refractivity contribution is -0.137. The number of nitrogens with one attached hydrogen (secondary N) is 2. The molecular formula is C17H11ClF3N3O2. The van der Waals surface area contributed by atoms with Crippen LogP contribution in [0.4, 0.5) is 13.2 Å². The molecule has 0 spiro atoms. The predicted molar refractivity (Wildman–Crippen MR) is 88.9 cm³/mol. The summed E-state index contributed by atoms with van der Waals surface area (Å²) in [5, 5.41) is 6.08. The van der Waals surface area contributed by atoms with Crippen LogP contribution in [0.25, 0.3) is 0 Å². The highest BCUT2D eigenvalue weighted by Crippen LogP contribution is 2.29. The van der Waals surface area contributed by atoms with E-state index in [1.807, 2.05) is 0 Å². The lowest BCUT2D eigenvalue weighted by Crippen LogP contribution is -2.31. The number of nitrogens with zero attached hydrogens (tertiary/aromatic N) is 1. The Morgan fingerprint density at radius 1 is 1.08 bits per heavy atom. The first kappa shape index (κ1) is 17.9. The van der Waals surface area contributed by atoms with Crippen molar-refractivity contribution in [2.45, 2.75) is 12.7 Å². The molecule has 26 heavy (non-hydrogen) atoms. The summed E-state index contributed by atoms with van der Waals surface area (Å²) in [4.78, 5) is 24.4. The number of amides is 2. The van der Waals surface area contributed by atoms with Crippen LogP contribution >= 0.6 is 11.6 Å². The van der Waals surface area contributed by atoms with Crippen LogP contribution in [0.3, 0.4) is 0 Å². The van der Waals surface area contributed by atoms with Gasteiger partial charge in [0.2, 0.25) is 0 Å². The molecule has 1 heterocycles. The van der Waals surface area contributed by atoms with Gasteiger partial charge >= 0.3 is 6.18 Å². The van der Waals surface area contributed by atoms with Crippen molar-refractivity contribution in [3.05, 3.63) is 70.3 Å². The van der Waals surface area contributed by atoms with Crippen LogP contribution < -0.4 is 10.7 Å². The van der Waals surface area contributed by atoms with E-state index in [-0.39, 0.29) is 16.3 Å².